The van der Waals surface area contributed by atoms with Gasteiger partial charge < -0.3 is 4.90 Å². The van der Waals surface area contributed by atoms with Crippen molar-refractivity contribution in [1.29, 1.82) is 0 Å². The molecule has 2 aromatic rings. The van der Waals surface area contributed by atoms with Gasteiger partial charge in [0.15, 0.2) is 0 Å². The predicted octanol–water partition coefficient (Wildman–Crippen LogP) is 4.61. The second kappa shape index (κ2) is 6.35. The van der Waals surface area contributed by atoms with E-state index in [1.165, 1.54) is 17.0 Å². The zero-order valence-electron chi connectivity index (χ0n) is 12.3. The van der Waals surface area contributed by atoms with Gasteiger partial charge >= 0.3 is 6.18 Å². The van der Waals surface area contributed by atoms with E-state index >= 15 is 0 Å². The quantitative estimate of drug-likeness (QED) is 0.779. The maximum atomic E-state index is 12.8. The molecule has 0 N–H and O–H groups in total. The summed E-state index contributed by atoms with van der Waals surface area (Å²) < 4.78 is 38.4. The molecule has 0 aliphatic heterocycles. The van der Waals surface area contributed by atoms with Crippen LogP contribution in [0.2, 0.25) is 0 Å². The summed E-state index contributed by atoms with van der Waals surface area (Å²) in [7, 11) is 0. The summed E-state index contributed by atoms with van der Waals surface area (Å²) in [5.74, 6) is -0.310. The van der Waals surface area contributed by atoms with Crippen molar-refractivity contribution in [2.24, 2.45) is 0 Å². The molecule has 122 valence electrons. The SMILES string of the molecule is O=C(c1cccc(C(F)(F)F)c1)N(CCc1cccs1)C1CC1. The highest BCUT2D eigenvalue weighted by Gasteiger charge is 2.35. The van der Waals surface area contributed by atoms with Crippen molar-refractivity contribution >= 4 is 17.2 Å². The number of rotatable bonds is 5. The van der Waals surface area contributed by atoms with Gasteiger partial charge in [0.25, 0.3) is 5.91 Å². The number of alkyl halides is 3. The van der Waals surface area contributed by atoms with Crippen LogP contribution in [0.1, 0.15) is 33.6 Å². The summed E-state index contributed by atoms with van der Waals surface area (Å²) >= 11 is 1.62. The van der Waals surface area contributed by atoms with E-state index in [1.807, 2.05) is 17.5 Å². The molecule has 0 bridgehead atoms. The second-order valence-corrected chi connectivity index (χ2v) is 6.67. The highest BCUT2D eigenvalue weighted by atomic mass is 32.1. The Bertz CT molecular complexity index is 677. The summed E-state index contributed by atoms with van der Waals surface area (Å²) in [6, 6.07) is 8.81. The first kappa shape index (κ1) is 16.1. The Morgan fingerprint density at radius 3 is 2.61 bits per heavy atom. The van der Waals surface area contributed by atoms with Gasteiger partial charge in [0.1, 0.15) is 0 Å². The molecule has 2 nitrogen and oxygen atoms in total. The minimum atomic E-state index is -4.43. The zero-order chi connectivity index (χ0) is 16.4. The van der Waals surface area contributed by atoms with Gasteiger partial charge in [-0.05, 0) is 48.9 Å². The highest BCUT2D eigenvalue weighted by Crippen LogP contribution is 2.32. The fourth-order valence-corrected chi connectivity index (χ4v) is 3.21. The lowest BCUT2D eigenvalue weighted by Crippen LogP contribution is -2.35. The summed E-state index contributed by atoms with van der Waals surface area (Å²) in [6.45, 7) is 0.542. The van der Waals surface area contributed by atoms with Crippen LogP contribution in [0.25, 0.3) is 0 Å². The van der Waals surface area contributed by atoms with Crippen molar-refractivity contribution < 1.29 is 18.0 Å². The molecular formula is C17H16F3NOS. The van der Waals surface area contributed by atoms with E-state index in [4.69, 9.17) is 0 Å². The molecule has 3 rings (SSSR count). The number of benzene rings is 1. The molecule has 0 unspecified atom stereocenters. The zero-order valence-corrected chi connectivity index (χ0v) is 13.2. The standard InChI is InChI=1S/C17H16F3NOS/c18-17(19,20)13-4-1-3-12(11-13)16(22)21(14-6-7-14)9-8-15-5-2-10-23-15/h1-5,10-11,14H,6-9H2. The maximum absolute atomic E-state index is 12.8. The van der Waals surface area contributed by atoms with Crippen LogP contribution in [-0.4, -0.2) is 23.4 Å². The van der Waals surface area contributed by atoms with Crippen LogP contribution in [0.15, 0.2) is 41.8 Å². The van der Waals surface area contributed by atoms with Crippen molar-refractivity contribution in [2.45, 2.75) is 31.5 Å². The number of carbonyl (C=O) groups excluding carboxylic acids is 1. The third kappa shape index (κ3) is 3.93. The van der Waals surface area contributed by atoms with Crippen molar-refractivity contribution in [3.63, 3.8) is 0 Å². The predicted molar refractivity (Wildman–Crippen MR) is 83.5 cm³/mol. The topological polar surface area (TPSA) is 20.3 Å². The first-order chi connectivity index (χ1) is 10.9. The number of carbonyl (C=O) groups is 1. The average Bonchev–Trinajstić information content (AvgIpc) is 3.22. The van der Waals surface area contributed by atoms with E-state index < -0.39 is 11.7 Å². The summed E-state index contributed by atoms with van der Waals surface area (Å²) in [4.78, 5) is 15.5. The molecule has 6 heteroatoms. The molecule has 1 fully saturated rings. The average molecular weight is 339 g/mol. The Morgan fingerprint density at radius 1 is 1.22 bits per heavy atom. The molecule has 23 heavy (non-hydrogen) atoms. The molecule has 1 aliphatic carbocycles. The van der Waals surface area contributed by atoms with Gasteiger partial charge in [-0.1, -0.05) is 12.1 Å². The molecule has 0 radical (unpaired) electrons. The molecular weight excluding hydrogens is 323 g/mol. The van der Waals surface area contributed by atoms with Crippen LogP contribution in [0.3, 0.4) is 0 Å². The molecule has 1 aromatic carbocycles. The number of thiophene rings is 1. The summed E-state index contributed by atoms with van der Waals surface area (Å²) in [6.07, 6.45) is -1.85. The largest absolute Gasteiger partial charge is 0.416 e. The van der Waals surface area contributed by atoms with Crippen LogP contribution in [0.4, 0.5) is 13.2 Å². The van der Waals surface area contributed by atoms with Gasteiger partial charge in [0.2, 0.25) is 0 Å². The van der Waals surface area contributed by atoms with Gasteiger partial charge in [-0.3, -0.25) is 4.79 Å². The Morgan fingerprint density at radius 2 is 2.00 bits per heavy atom. The van der Waals surface area contributed by atoms with E-state index in [0.717, 1.165) is 31.4 Å². The van der Waals surface area contributed by atoms with Crippen molar-refractivity contribution in [3.8, 4) is 0 Å². The van der Waals surface area contributed by atoms with Crippen molar-refractivity contribution in [1.82, 2.24) is 4.90 Å². The van der Waals surface area contributed by atoms with Crippen molar-refractivity contribution in [3.05, 3.63) is 57.8 Å². The third-order valence-corrected chi connectivity index (χ3v) is 4.80. The molecule has 1 aliphatic rings. The number of hydrogen-bond acceptors (Lipinski definition) is 2. The van der Waals surface area contributed by atoms with Crippen LogP contribution in [-0.2, 0) is 12.6 Å². The lowest BCUT2D eigenvalue weighted by Gasteiger charge is -2.22. The van der Waals surface area contributed by atoms with Gasteiger partial charge in [0, 0.05) is 23.0 Å². The Kier molecular flexibility index (Phi) is 4.43. The first-order valence-electron chi connectivity index (χ1n) is 7.46. The Balaban J connectivity index is 1.76. The van der Waals surface area contributed by atoms with Gasteiger partial charge in [0.05, 0.1) is 5.56 Å². The maximum Gasteiger partial charge on any atom is 0.416 e. The summed E-state index contributed by atoms with van der Waals surface area (Å²) in [5, 5.41) is 1.98. The number of halogens is 3. The highest BCUT2D eigenvalue weighted by molar-refractivity contribution is 7.09. The van der Waals surface area contributed by atoms with E-state index in [2.05, 4.69) is 0 Å². The molecule has 1 aromatic heterocycles. The van der Waals surface area contributed by atoms with Crippen LogP contribution < -0.4 is 0 Å². The molecule has 0 saturated heterocycles. The van der Waals surface area contributed by atoms with Gasteiger partial charge in [-0.15, -0.1) is 11.3 Å². The van der Waals surface area contributed by atoms with Crippen LogP contribution in [0, 0.1) is 0 Å². The summed E-state index contributed by atoms with van der Waals surface area (Å²) in [5.41, 5.74) is -0.671. The van der Waals surface area contributed by atoms with Gasteiger partial charge in [-0.2, -0.15) is 13.2 Å². The fourth-order valence-electron chi connectivity index (χ4n) is 2.52. The van der Waals surface area contributed by atoms with Crippen LogP contribution in [0.5, 0.6) is 0 Å². The minimum Gasteiger partial charge on any atom is -0.335 e. The van der Waals surface area contributed by atoms with Crippen LogP contribution >= 0.6 is 11.3 Å². The lowest BCUT2D eigenvalue weighted by molar-refractivity contribution is -0.137. The molecule has 0 spiro atoms. The number of nitrogens with zero attached hydrogens (tertiary/aromatic N) is 1. The Hall–Kier alpha value is -1.82. The lowest BCUT2D eigenvalue weighted by atomic mass is 10.1. The minimum absolute atomic E-state index is 0.109. The number of hydrogen-bond donors (Lipinski definition) is 0. The van der Waals surface area contributed by atoms with Gasteiger partial charge in [-0.25, -0.2) is 0 Å². The van der Waals surface area contributed by atoms with E-state index in [1.54, 1.807) is 16.2 Å². The molecule has 1 saturated carbocycles. The fraction of sp³-hybridized carbons (Fsp3) is 0.353. The normalized spacial score (nSPS) is 14.7. The smallest absolute Gasteiger partial charge is 0.335 e. The molecule has 1 amide bonds. The van der Waals surface area contributed by atoms with Crippen molar-refractivity contribution in [2.75, 3.05) is 6.54 Å². The van der Waals surface area contributed by atoms with E-state index in [9.17, 15) is 18.0 Å². The Labute approximate surface area is 136 Å². The second-order valence-electron chi connectivity index (χ2n) is 5.64. The molecule has 1 heterocycles. The molecule has 0 atom stereocenters. The number of amides is 1. The third-order valence-electron chi connectivity index (χ3n) is 3.86. The first-order valence-corrected chi connectivity index (χ1v) is 8.34. The monoisotopic (exact) mass is 339 g/mol. The van der Waals surface area contributed by atoms with E-state index in [0.29, 0.717) is 6.54 Å². The van der Waals surface area contributed by atoms with E-state index in [-0.39, 0.29) is 17.5 Å².